The van der Waals surface area contributed by atoms with Crippen molar-refractivity contribution in [3.63, 3.8) is 0 Å². The Labute approximate surface area is 134 Å². The first kappa shape index (κ1) is 14.7. The molecular weight excluding hydrogens is 288 g/mol. The molecule has 0 saturated heterocycles. The number of rotatable bonds is 3. The fraction of sp³-hybridized carbons (Fsp3) is 0. The number of hydrogen-bond donors (Lipinski definition) is 3. The Kier molecular flexibility index (Phi) is 4.02. The molecule has 0 aliphatic carbocycles. The van der Waals surface area contributed by atoms with E-state index in [9.17, 15) is 15.3 Å². The van der Waals surface area contributed by atoms with Crippen LogP contribution in [-0.4, -0.2) is 15.3 Å². The maximum atomic E-state index is 10.1. The molecule has 3 nitrogen and oxygen atoms in total. The summed E-state index contributed by atoms with van der Waals surface area (Å²) in [4.78, 5) is 0. The third-order valence-corrected chi connectivity index (χ3v) is 3.50. The van der Waals surface area contributed by atoms with E-state index >= 15 is 0 Å². The molecule has 3 heteroatoms. The summed E-state index contributed by atoms with van der Waals surface area (Å²) in [6, 6.07) is 19.4. The summed E-state index contributed by atoms with van der Waals surface area (Å²) in [6.45, 7) is 0. The van der Waals surface area contributed by atoms with Gasteiger partial charge in [-0.3, -0.25) is 0 Å². The van der Waals surface area contributed by atoms with Crippen LogP contribution in [0, 0.1) is 0 Å². The van der Waals surface area contributed by atoms with Crippen molar-refractivity contribution < 1.29 is 15.3 Å². The summed E-state index contributed by atoms with van der Waals surface area (Å²) >= 11 is 0. The lowest BCUT2D eigenvalue weighted by Crippen LogP contribution is -1.81. The molecule has 0 fully saturated rings. The normalized spacial score (nSPS) is 11.0. The lowest BCUT2D eigenvalue weighted by Gasteiger charge is -2.06. The van der Waals surface area contributed by atoms with Crippen LogP contribution in [-0.2, 0) is 0 Å². The van der Waals surface area contributed by atoms with Gasteiger partial charge in [0.25, 0.3) is 0 Å². The van der Waals surface area contributed by atoms with Crippen LogP contribution in [0.2, 0.25) is 0 Å². The summed E-state index contributed by atoms with van der Waals surface area (Å²) in [5.74, 6) is 0.254. The van der Waals surface area contributed by atoms with Crippen molar-refractivity contribution in [2.45, 2.75) is 0 Å². The highest BCUT2D eigenvalue weighted by Gasteiger charge is 2.04. The molecule has 3 rings (SSSR count). The van der Waals surface area contributed by atoms with Gasteiger partial charge in [0, 0.05) is 11.6 Å². The van der Waals surface area contributed by atoms with Crippen LogP contribution in [0.5, 0.6) is 17.2 Å². The fourth-order valence-corrected chi connectivity index (χ4v) is 2.41. The number of hydrogen-bond acceptors (Lipinski definition) is 3. The predicted molar refractivity (Wildman–Crippen MR) is 92.2 cm³/mol. The maximum absolute atomic E-state index is 10.1. The maximum Gasteiger partial charge on any atom is 0.123 e. The second kappa shape index (κ2) is 6.28. The van der Waals surface area contributed by atoms with Crippen molar-refractivity contribution in [2.75, 3.05) is 0 Å². The van der Waals surface area contributed by atoms with E-state index in [4.69, 9.17) is 0 Å². The van der Waals surface area contributed by atoms with Gasteiger partial charge in [0.2, 0.25) is 0 Å². The Morgan fingerprint density at radius 2 is 1.26 bits per heavy atom. The minimum absolute atomic E-state index is 0.0142. The van der Waals surface area contributed by atoms with Crippen LogP contribution in [0.15, 0.2) is 66.7 Å². The molecule has 3 aromatic carbocycles. The average molecular weight is 304 g/mol. The Morgan fingerprint density at radius 1 is 0.609 bits per heavy atom. The van der Waals surface area contributed by atoms with E-state index in [1.165, 1.54) is 6.07 Å². The van der Waals surface area contributed by atoms with Gasteiger partial charge in [-0.05, 0) is 41.0 Å². The van der Waals surface area contributed by atoms with Crippen LogP contribution in [0.25, 0.3) is 23.3 Å². The van der Waals surface area contributed by atoms with Gasteiger partial charge in [-0.2, -0.15) is 0 Å². The lowest BCUT2D eigenvalue weighted by atomic mass is 10.0. The van der Waals surface area contributed by atoms with Gasteiger partial charge in [0.05, 0.1) is 0 Å². The van der Waals surface area contributed by atoms with Gasteiger partial charge in [-0.25, -0.2) is 0 Å². The Balaban J connectivity index is 1.93. The van der Waals surface area contributed by atoms with Crippen LogP contribution < -0.4 is 0 Å². The average Bonchev–Trinajstić information content (AvgIpc) is 2.54. The van der Waals surface area contributed by atoms with E-state index in [0.29, 0.717) is 5.56 Å². The topological polar surface area (TPSA) is 60.7 Å². The molecule has 3 N–H and O–H groups in total. The summed E-state index contributed by atoms with van der Waals surface area (Å²) in [6.07, 6.45) is 3.65. The SMILES string of the molecule is Oc1cc(O)cc(/C=C/c2ccc(O)c(-c3ccccc3)c2)c1. The van der Waals surface area contributed by atoms with E-state index in [0.717, 1.165) is 16.7 Å². The molecular formula is C20H16O3. The molecule has 0 heterocycles. The standard InChI is InChI=1S/C20H16O3/c21-17-10-15(11-18(22)13-17)7-6-14-8-9-20(23)19(12-14)16-4-2-1-3-5-16/h1-13,21-23H/b7-6+. The molecule has 0 aliphatic heterocycles. The largest absolute Gasteiger partial charge is 0.508 e. The molecule has 114 valence electrons. The van der Waals surface area contributed by atoms with Gasteiger partial charge in [-0.15, -0.1) is 0 Å². The van der Waals surface area contributed by atoms with Crippen LogP contribution in [0.4, 0.5) is 0 Å². The van der Waals surface area contributed by atoms with Crippen LogP contribution in [0.1, 0.15) is 11.1 Å². The van der Waals surface area contributed by atoms with Crippen molar-refractivity contribution in [2.24, 2.45) is 0 Å². The quantitative estimate of drug-likeness (QED) is 0.618. The minimum Gasteiger partial charge on any atom is -0.508 e. The monoisotopic (exact) mass is 304 g/mol. The molecule has 0 saturated carbocycles. The number of aromatic hydroxyl groups is 3. The third-order valence-electron chi connectivity index (χ3n) is 3.50. The first-order valence-electron chi connectivity index (χ1n) is 7.21. The highest BCUT2D eigenvalue weighted by atomic mass is 16.3. The number of benzene rings is 3. The highest BCUT2D eigenvalue weighted by molar-refractivity contribution is 5.77. The lowest BCUT2D eigenvalue weighted by molar-refractivity contribution is 0.450. The Bertz CT molecular complexity index is 832. The first-order chi connectivity index (χ1) is 11.1. The summed E-state index contributed by atoms with van der Waals surface area (Å²) < 4.78 is 0. The molecule has 0 aromatic heterocycles. The highest BCUT2D eigenvalue weighted by Crippen LogP contribution is 2.30. The van der Waals surface area contributed by atoms with Gasteiger partial charge in [0.15, 0.2) is 0 Å². The molecule has 0 atom stereocenters. The van der Waals surface area contributed by atoms with E-state index in [-0.39, 0.29) is 17.2 Å². The second-order valence-electron chi connectivity index (χ2n) is 5.26. The van der Waals surface area contributed by atoms with Gasteiger partial charge < -0.3 is 15.3 Å². The molecule has 0 radical (unpaired) electrons. The molecule has 23 heavy (non-hydrogen) atoms. The summed E-state index contributed by atoms with van der Waals surface area (Å²) in [5, 5.41) is 29.0. The Morgan fingerprint density at radius 3 is 1.96 bits per heavy atom. The van der Waals surface area contributed by atoms with Crippen LogP contribution >= 0.6 is 0 Å². The summed E-state index contributed by atoms with van der Waals surface area (Å²) in [5.41, 5.74) is 3.29. The van der Waals surface area contributed by atoms with Gasteiger partial charge >= 0.3 is 0 Å². The zero-order chi connectivity index (χ0) is 16.2. The zero-order valence-corrected chi connectivity index (χ0v) is 12.3. The molecule has 0 unspecified atom stereocenters. The van der Waals surface area contributed by atoms with Crippen molar-refractivity contribution in [1.82, 2.24) is 0 Å². The molecule has 0 amide bonds. The molecule has 0 aliphatic rings. The van der Waals surface area contributed by atoms with Crippen molar-refractivity contribution in [1.29, 1.82) is 0 Å². The van der Waals surface area contributed by atoms with E-state index < -0.39 is 0 Å². The third kappa shape index (κ3) is 3.52. The first-order valence-corrected chi connectivity index (χ1v) is 7.21. The minimum atomic E-state index is 0.0142. The van der Waals surface area contributed by atoms with Crippen molar-refractivity contribution in [3.05, 3.63) is 77.9 Å². The van der Waals surface area contributed by atoms with E-state index in [2.05, 4.69) is 0 Å². The number of phenolic OH excluding ortho intramolecular Hbond substituents is 3. The number of phenols is 3. The van der Waals surface area contributed by atoms with Crippen molar-refractivity contribution >= 4 is 12.2 Å². The predicted octanol–water partition coefficient (Wildman–Crippen LogP) is 4.64. The van der Waals surface area contributed by atoms with E-state index in [1.807, 2.05) is 42.5 Å². The van der Waals surface area contributed by atoms with Crippen molar-refractivity contribution in [3.8, 4) is 28.4 Å². The van der Waals surface area contributed by atoms with Gasteiger partial charge in [0.1, 0.15) is 17.2 Å². The Hall–Kier alpha value is -3.20. The molecule has 0 spiro atoms. The second-order valence-corrected chi connectivity index (χ2v) is 5.26. The van der Waals surface area contributed by atoms with Crippen LogP contribution in [0.3, 0.4) is 0 Å². The smallest absolute Gasteiger partial charge is 0.123 e. The van der Waals surface area contributed by atoms with E-state index in [1.54, 1.807) is 30.3 Å². The molecule has 3 aromatic rings. The zero-order valence-electron chi connectivity index (χ0n) is 12.3. The van der Waals surface area contributed by atoms with Gasteiger partial charge in [-0.1, -0.05) is 48.6 Å². The molecule has 0 bridgehead atoms. The fourth-order valence-electron chi connectivity index (χ4n) is 2.41. The summed E-state index contributed by atoms with van der Waals surface area (Å²) in [7, 11) is 0.